The summed E-state index contributed by atoms with van der Waals surface area (Å²) in [6, 6.07) is 8.58. The molecule has 1 aliphatic heterocycles. The molecule has 1 saturated heterocycles. The van der Waals surface area contributed by atoms with Crippen LogP contribution >= 0.6 is 11.3 Å². The van der Waals surface area contributed by atoms with Gasteiger partial charge < -0.3 is 4.90 Å². The van der Waals surface area contributed by atoms with Gasteiger partial charge in [0.2, 0.25) is 10.0 Å². The number of rotatable bonds is 6. The zero-order valence-corrected chi connectivity index (χ0v) is 18.3. The van der Waals surface area contributed by atoms with Crippen LogP contribution in [0.5, 0.6) is 0 Å². The van der Waals surface area contributed by atoms with E-state index in [9.17, 15) is 27.3 Å². The maximum absolute atomic E-state index is 13.4. The summed E-state index contributed by atoms with van der Waals surface area (Å²) in [5.41, 5.74) is 1.16. The molecule has 0 unspecified atom stereocenters. The van der Waals surface area contributed by atoms with E-state index in [1.54, 1.807) is 0 Å². The molecule has 0 N–H and O–H groups in total. The molecule has 0 saturated carbocycles. The molecular weight excluding hydrogens is 462 g/mol. The van der Waals surface area contributed by atoms with Crippen molar-refractivity contribution in [2.45, 2.75) is 11.3 Å². The van der Waals surface area contributed by atoms with Gasteiger partial charge in [-0.1, -0.05) is 6.07 Å². The highest BCUT2D eigenvalue weighted by Crippen LogP contribution is 2.26. The normalized spacial score (nSPS) is 15.1. The molecule has 1 aliphatic rings. The van der Waals surface area contributed by atoms with E-state index in [1.165, 1.54) is 46.0 Å². The highest BCUT2D eigenvalue weighted by molar-refractivity contribution is 7.89. The number of sulfonamides is 1. The Balaban J connectivity index is 1.39. The summed E-state index contributed by atoms with van der Waals surface area (Å²) in [6.45, 7) is 1.36. The molecule has 2 aromatic carbocycles. The van der Waals surface area contributed by atoms with Crippen molar-refractivity contribution < 1.29 is 22.1 Å². The number of piperazine rings is 1. The quantitative estimate of drug-likeness (QED) is 0.396. The fourth-order valence-electron chi connectivity index (χ4n) is 3.39. The third-order valence-corrected chi connectivity index (χ3v) is 7.97. The monoisotopic (exact) mass is 480 g/mol. The Kier molecular flexibility index (Phi) is 6.17. The lowest BCUT2D eigenvalue weighted by Gasteiger charge is -2.33. The Bertz CT molecular complexity index is 1240. The number of nitro benzene ring substituents is 1. The molecule has 4 rings (SSSR count). The maximum atomic E-state index is 13.4. The molecule has 0 amide bonds. The second-order valence-electron chi connectivity index (χ2n) is 7.19. The Morgan fingerprint density at radius 2 is 1.72 bits per heavy atom. The van der Waals surface area contributed by atoms with Crippen molar-refractivity contribution in [3.63, 3.8) is 0 Å². The standard InChI is InChI=1S/C20H18F2N4O4S2/c21-18-6-1-14(12-19(18)22)11-15-13-31-20(23-15)24-7-9-25(10-8-24)32(29,30)17-4-2-16(3-5-17)26(27)28/h1-6,12-13H,7-11H2. The smallest absolute Gasteiger partial charge is 0.269 e. The molecule has 0 bridgehead atoms. The third kappa shape index (κ3) is 4.61. The third-order valence-electron chi connectivity index (χ3n) is 5.10. The van der Waals surface area contributed by atoms with Gasteiger partial charge in [0, 0.05) is 50.1 Å². The molecule has 12 heteroatoms. The average molecular weight is 481 g/mol. The number of nitro groups is 1. The Morgan fingerprint density at radius 1 is 1.03 bits per heavy atom. The van der Waals surface area contributed by atoms with Crippen LogP contribution in [0.2, 0.25) is 0 Å². The van der Waals surface area contributed by atoms with Crippen LogP contribution in [0.25, 0.3) is 0 Å². The van der Waals surface area contributed by atoms with Gasteiger partial charge in [0.1, 0.15) is 0 Å². The minimum atomic E-state index is -3.75. The Morgan fingerprint density at radius 3 is 2.34 bits per heavy atom. The molecule has 0 atom stereocenters. The van der Waals surface area contributed by atoms with Crippen molar-refractivity contribution in [3.8, 4) is 0 Å². The van der Waals surface area contributed by atoms with Gasteiger partial charge in [-0.15, -0.1) is 11.3 Å². The van der Waals surface area contributed by atoms with E-state index in [0.717, 1.165) is 23.0 Å². The molecule has 168 valence electrons. The van der Waals surface area contributed by atoms with E-state index in [1.807, 2.05) is 10.3 Å². The zero-order valence-electron chi connectivity index (χ0n) is 16.6. The van der Waals surface area contributed by atoms with Crippen molar-refractivity contribution in [1.29, 1.82) is 0 Å². The van der Waals surface area contributed by atoms with Crippen LogP contribution < -0.4 is 4.90 Å². The van der Waals surface area contributed by atoms with Gasteiger partial charge in [0.15, 0.2) is 16.8 Å². The first-order valence-electron chi connectivity index (χ1n) is 9.62. The zero-order chi connectivity index (χ0) is 22.9. The molecule has 0 aliphatic carbocycles. The van der Waals surface area contributed by atoms with Crippen LogP contribution in [0.4, 0.5) is 19.6 Å². The fourth-order valence-corrected chi connectivity index (χ4v) is 5.69. The van der Waals surface area contributed by atoms with Crippen LogP contribution in [-0.4, -0.2) is 48.8 Å². The first-order valence-corrected chi connectivity index (χ1v) is 11.9. The predicted molar refractivity (Wildman–Crippen MR) is 115 cm³/mol. The van der Waals surface area contributed by atoms with E-state index >= 15 is 0 Å². The molecular formula is C20H18F2N4O4S2. The molecule has 0 radical (unpaired) electrons. The lowest BCUT2D eigenvalue weighted by Crippen LogP contribution is -2.48. The summed E-state index contributed by atoms with van der Waals surface area (Å²) >= 11 is 1.41. The summed E-state index contributed by atoms with van der Waals surface area (Å²) in [5.74, 6) is -1.79. The van der Waals surface area contributed by atoms with Crippen LogP contribution in [0.15, 0.2) is 52.7 Å². The van der Waals surface area contributed by atoms with Gasteiger partial charge in [-0.2, -0.15) is 4.31 Å². The van der Waals surface area contributed by atoms with E-state index in [-0.39, 0.29) is 23.7 Å². The first kappa shape index (κ1) is 22.2. The van der Waals surface area contributed by atoms with Crippen LogP contribution in [-0.2, 0) is 16.4 Å². The SMILES string of the molecule is O=[N+]([O-])c1ccc(S(=O)(=O)N2CCN(c3nc(Cc4ccc(F)c(F)c4)cs3)CC2)cc1. The molecule has 2 heterocycles. The van der Waals surface area contributed by atoms with Gasteiger partial charge in [-0.3, -0.25) is 10.1 Å². The summed E-state index contributed by atoms with van der Waals surface area (Å²) in [7, 11) is -3.75. The molecule has 1 fully saturated rings. The number of anilines is 1. The average Bonchev–Trinajstić information content (AvgIpc) is 3.25. The van der Waals surface area contributed by atoms with Crippen molar-refractivity contribution in [1.82, 2.24) is 9.29 Å². The fraction of sp³-hybridized carbons (Fsp3) is 0.250. The van der Waals surface area contributed by atoms with Crippen molar-refractivity contribution in [3.05, 3.63) is 80.9 Å². The van der Waals surface area contributed by atoms with Crippen LogP contribution in [0, 0.1) is 21.7 Å². The van der Waals surface area contributed by atoms with Crippen LogP contribution in [0.1, 0.15) is 11.3 Å². The van der Waals surface area contributed by atoms with Crippen molar-refractivity contribution in [2.75, 3.05) is 31.1 Å². The van der Waals surface area contributed by atoms with Gasteiger partial charge in [0.25, 0.3) is 5.69 Å². The number of thiazole rings is 1. The molecule has 0 spiro atoms. The Hall–Kier alpha value is -2.96. The molecule has 1 aromatic heterocycles. The van der Waals surface area contributed by atoms with Crippen molar-refractivity contribution >= 4 is 32.2 Å². The van der Waals surface area contributed by atoms with Gasteiger partial charge in [-0.25, -0.2) is 22.2 Å². The van der Waals surface area contributed by atoms with Crippen molar-refractivity contribution in [2.24, 2.45) is 0 Å². The summed E-state index contributed by atoms with van der Waals surface area (Å²) in [4.78, 5) is 16.7. The summed E-state index contributed by atoms with van der Waals surface area (Å²) in [5, 5.41) is 13.3. The lowest BCUT2D eigenvalue weighted by atomic mass is 10.1. The van der Waals surface area contributed by atoms with E-state index in [0.29, 0.717) is 25.1 Å². The van der Waals surface area contributed by atoms with E-state index in [4.69, 9.17) is 0 Å². The summed E-state index contributed by atoms with van der Waals surface area (Å²) < 4.78 is 53.5. The molecule has 32 heavy (non-hydrogen) atoms. The van der Waals surface area contributed by atoms with Crippen LogP contribution in [0.3, 0.4) is 0 Å². The summed E-state index contributed by atoms with van der Waals surface area (Å²) in [6.07, 6.45) is 0.363. The first-order chi connectivity index (χ1) is 15.2. The van der Waals surface area contributed by atoms with Gasteiger partial charge >= 0.3 is 0 Å². The number of nitrogens with zero attached hydrogens (tertiary/aromatic N) is 4. The number of hydrogen-bond acceptors (Lipinski definition) is 7. The number of benzene rings is 2. The highest BCUT2D eigenvalue weighted by atomic mass is 32.2. The maximum Gasteiger partial charge on any atom is 0.269 e. The minimum absolute atomic E-state index is 0.0135. The second-order valence-corrected chi connectivity index (χ2v) is 9.96. The van der Waals surface area contributed by atoms with E-state index in [2.05, 4.69) is 4.98 Å². The molecule has 8 nitrogen and oxygen atoms in total. The minimum Gasteiger partial charge on any atom is -0.345 e. The topological polar surface area (TPSA) is 96.6 Å². The predicted octanol–water partition coefficient (Wildman–Crippen LogP) is 3.43. The largest absolute Gasteiger partial charge is 0.345 e. The number of hydrogen-bond donors (Lipinski definition) is 0. The van der Waals surface area contributed by atoms with E-state index < -0.39 is 26.6 Å². The second kappa shape index (κ2) is 8.88. The Labute approximate surface area is 186 Å². The van der Waals surface area contributed by atoms with Gasteiger partial charge in [0.05, 0.1) is 15.5 Å². The van der Waals surface area contributed by atoms with Gasteiger partial charge in [-0.05, 0) is 29.8 Å². The number of aromatic nitrogens is 1. The highest BCUT2D eigenvalue weighted by Gasteiger charge is 2.29. The lowest BCUT2D eigenvalue weighted by molar-refractivity contribution is -0.384. The molecule has 3 aromatic rings. The number of halogens is 2. The number of non-ortho nitro benzene ring substituents is 1.